The Morgan fingerprint density at radius 1 is 0.727 bits per heavy atom. The summed E-state index contributed by atoms with van der Waals surface area (Å²) in [4.78, 5) is 29.2. The summed E-state index contributed by atoms with van der Waals surface area (Å²) < 4.78 is 0. The minimum Gasteiger partial charge on any atom is -0.342 e. The topological polar surface area (TPSA) is 40.6 Å². The molecule has 0 aromatic carbocycles. The molecule has 22 heavy (non-hydrogen) atoms. The number of carbonyl (C=O) groups excluding carboxylic acids is 2. The predicted molar refractivity (Wildman–Crippen MR) is 89.8 cm³/mol. The second kappa shape index (κ2) is 7.71. The average Bonchev–Trinajstić information content (AvgIpc) is 2.96. The van der Waals surface area contributed by atoms with E-state index >= 15 is 0 Å². The van der Waals surface area contributed by atoms with E-state index in [1.54, 1.807) is 0 Å². The number of rotatable bonds is 2. The number of hydrogen-bond acceptors (Lipinski definition) is 3. The van der Waals surface area contributed by atoms with Crippen molar-refractivity contribution in [2.45, 2.75) is 56.6 Å². The van der Waals surface area contributed by atoms with E-state index < -0.39 is 0 Å². The van der Waals surface area contributed by atoms with Crippen LogP contribution < -0.4 is 0 Å². The van der Waals surface area contributed by atoms with Crippen LogP contribution in [0.2, 0.25) is 0 Å². The Hall–Kier alpha value is -0.710. The van der Waals surface area contributed by atoms with Crippen LogP contribution in [0, 0.1) is 5.92 Å². The van der Waals surface area contributed by atoms with E-state index in [1.165, 1.54) is 19.3 Å². The van der Waals surface area contributed by atoms with Crippen molar-refractivity contribution in [1.29, 1.82) is 0 Å². The molecule has 2 amide bonds. The van der Waals surface area contributed by atoms with Gasteiger partial charge in [0.15, 0.2) is 0 Å². The van der Waals surface area contributed by atoms with E-state index in [0.29, 0.717) is 11.8 Å². The fourth-order valence-electron chi connectivity index (χ4n) is 3.87. The Morgan fingerprint density at radius 2 is 1.36 bits per heavy atom. The van der Waals surface area contributed by atoms with E-state index in [9.17, 15) is 9.59 Å². The second-order valence-electron chi connectivity index (χ2n) is 6.84. The molecule has 0 aromatic rings. The number of carbonyl (C=O) groups is 2. The lowest BCUT2D eigenvalue weighted by Gasteiger charge is -2.35. The zero-order chi connectivity index (χ0) is 15.4. The molecule has 0 bridgehead atoms. The number of piperidine rings is 1. The quantitative estimate of drug-likeness (QED) is 0.784. The third-order valence-corrected chi connectivity index (χ3v) is 6.64. The fourth-order valence-corrected chi connectivity index (χ4v) is 5.11. The van der Waals surface area contributed by atoms with Gasteiger partial charge in [0.1, 0.15) is 0 Å². The summed E-state index contributed by atoms with van der Waals surface area (Å²) >= 11 is 1.81. The summed E-state index contributed by atoms with van der Waals surface area (Å²) in [5, 5.41) is 0.192. The van der Waals surface area contributed by atoms with Crippen molar-refractivity contribution in [2.75, 3.05) is 31.9 Å². The third kappa shape index (κ3) is 3.79. The van der Waals surface area contributed by atoms with Gasteiger partial charge in [0.25, 0.3) is 0 Å². The third-order valence-electron chi connectivity index (χ3n) is 5.28. The number of amides is 2. The molecule has 1 unspecified atom stereocenters. The van der Waals surface area contributed by atoms with Gasteiger partial charge in [-0.1, -0.05) is 12.8 Å². The first kappa shape index (κ1) is 16.2. The van der Waals surface area contributed by atoms with Crippen molar-refractivity contribution in [3.63, 3.8) is 0 Å². The fraction of sp³-hybridized carbons (Fsp3) is 0.882. The lowest BCUT2D eigenvalue weighted by Crippen LogP contribution is -2.46. The summed E-state index contributed by atoms with van der Waals surface area (Å²) in [6.45, 7) is 3.44. The first-order valence-corrected chi connectivity index (χ1v) is 10.00. The second-order valence-corrected chi connectivity index (χ2v) is 8.15. The molecule has 0 aliphatic carbocycles. The SMILES string of the molecule is O=C(C1CCN(C(=O)C2CCCS2)CC1)N1CCCCCC1. The van der Waals surface area contributed by atoms with Gasteiger partial charge >= 0.3 is 0 Å². The van der Waals surface area contributed by atoms with Crippen molar-refractivity contribution in [2.24, 2.45) is 5.92 Å². The smallest absolute Gasteiger partial charge is 0.235 e. The van der Waals surface area contributed by atoms with Gasteiger partial charge < -0.3 is 9.80 Å². The number of likely N-dealkylation sites (tertiary alicyclic amines) is 2. The van der Waals surface area contributed by atoms with Gasteiger partial charge in [0.2, 0.25) is 11.8 Å². The van der Waals surface area contributed by atoms with E-state index in [2.05, 4.69) is 4.90 Å². The van der Waals surface area contributed by atoms with Gasteiger partial charge in [0.05, 0.1) is 5.25 Å². The predicted octanol–water partition coefficient (Wildman–Crippen LogP) is 2.52. The van der Waals surface area contributed by atoms with E-state index in [1.807, 2.05) is 16.7 Å². The maximum Gasteiger partial charge on any atom is 0.235 e. The van der Waals surface area contributed by atoms with Crippen LogP contribution in [0.5, 0.6) is 0 Å². The number of nitrogens with zero attached hydrogens (tertiary/aromatic N) is 2. The van der Waals surface area contributed by atoms with Crippen molar-refractivity contribution in [1.82, 2.24) is 9.80 Å². The van der Waals surface area contributed by atoms with E-state index in [-0.39, 0.29) is 11.2 Å². The summed E-state index contributed by atoms with van der Waals surface area (Å²) in [6.07, 6.45) is 8.76. The van der Waals surface area contributed by atoms with E-state index in [0.717, 1.165) is 64.0 Å². The van der Waals surface area contributed by atoms with Crippen LogP contribution in [0.1, 0.15) is 51.4 Å². The Kier molecular flexibility index (Phi) is 5.66. The van der Waals surface area contributed by atoms with Crippen LogP contribution in [0.25, 0.3) is 0 Å². The molecule has 3 rings (SSSR count). The molecule has 3 aliphatic heterocycles. The molecule has 1 atom stereocenters. The van der Waals surface area contributed by atoms with Crippen molar-refractivity contribution in [3.05, 3.63) is 0 Å². The van der Waals surface area contributed by atoms with Crippen LogP contribution >= 0.6 is 11.8 Å². The maximum atomic E-state index is 12.7. The Bertz CT molecular complexity index is 393. The van der Waals surface area contributed by atoms with Gasteiger partial charge in [-0.3, -0.25) is 9.59 Å². The lowest BCUT2D eigenvalue weighted by molar-refractivity contribution is -0.140. The van der Waals surface area contributed by atoms with Crippen LogP contribution in [0.3, 0.4) is 0 Å². The van der Waals surface area contributed by atoms with Gasteiger partial charge in [-0.05, 0) is 44.3 Å². The molecule has 0 radical (unpaired) electrons. The highest BCUT2D eigenvalue weighted by Gasteiger charge is 2.33. The first-order valence-electron chi connectivity index (χ1n) is 8.95. The van der Waals surface area contributed by atoms with Gasteiger partial charge in [0, 0.05) is 32.1 Å². The lowest BCUT2D eigenvalue weighted by atomic mass is 9.94. The largest absolute Gasteiger partial charge is 0.342 e. The standard InChI is InChI=1S/C17H28N2O2S/c20-16(18-9-3-1-2-4-10-18)14-7-11-19(12-8-14)17(21)15-6-5-13-22-15/h14-15H,1-13H2. The molecule has 0 spiro atoms. The van der Waals surface area contributed by atoms with Gasteiger partial charge in [-0.15, -0.1) is 11.8 Å². The van der Waals surface area contributed by atoms with E-state index in [4.69, 9.17) is 0 Å². The van der Waals surface area contributed by atoms with Crippen molar-refractivity contribution in [3.8, 4) is 0 Å². The highest BCUT2D eigenvalue weighted by molar-refractivity contribution is 8.00. The summed E-state index contributed by atoms with van der Waals surface area (Å²) in [6, 6.07) is 0. The monoisotopic (exact) mass is 324 g/mol. The molecular weight excluding hydrogens is 296 g/mol. The molecular formula is C17H28N2O2S. The van der Waals surface area contributed by atoms with Crippen LogP contribution in [-0.4, -0.2) is 58.8 Å². The highest BCUT2D eigenvalue weighted by Crippen LogP contribution is 2.29. The normalized spacial score (nSPS) is 27.7. The van der Waals surface area contributed by atoms with Crippen molar-refractivity contribution >= 4 is 23.6 Å². The van der Waals surface area contributed by atoms with Gasteiger partial charge in [-0.2, -0.15) is 0 Å². The van der Waals surface area contributed by atoms with Crippen LogP contribution in [0.15, 0.2) is 0 Å². The van der Waals surface area contributed by atoms with Crippen LogP contribution in [0.4, 0.5) is 0 Å². The molecule has 0 saturated carbocycles. The molecule has 3 aliphatic rings. The molecule has 0 aromatic heterocycles. The van der Waals surface area contributed by atoms with Gasteiger partial charge in [-0.25, -0.2) is 0 Å². The molecule has 3 saturated heterocycles. The zero-order valence-electron chi connectivity index (χ0n) is 13.5. The summed E-state index contributed by atoms with van der Waals surface area (Å²) in [5.74, 6) is 1.95. The maximum absolute atomic E-state index is 12.7. The van der Waals surface area contributed by atoms with Crippen molar-refractivity contribution < 1.29 is 9.59 Å². The molecule has 4 nitrogen and oxygen atoms in total. The Morgan fingerprint density at radius 3 is 1.95 bits per heavy atom. The molecule has 0 N–H and O–H groups in total. The Balaban J connectivity index is 1.48. The summed E-state index contributed by atoms with van der Waals surface area (Å²) in [7, 11) is 0. The summed E-state index contributed by atoms with van der Waals surface area (Å²) in [5.41, 5.74) is 0. The molecule has 5 heteroatoms. The highest BCUT2D eigenvalue weighted by atomic mass is 32.2. The number of hydrogen-bond donors (Lipinski definition) is 0. The average molecular weight is 324 g/mol. The molecule has 3 heterocycles. The first-order chi connectivity index (χ1) is 10.8. The zero-order valence-corrected chi connectivity index (χ0v) is 14.3. The molecule has 124 valence electrons. The molecule has 3 fully saturated rings. The minimum atomic E-state index is 0.151. The number of thioether (sulfide) groups is 1. The van der Waals surface area contributed by atoms with Crippen LogP contribution in [-0.2, 0) is 9.59 Å². The Labute approximate surface area is 138 Å². The minimum absolute atomic E-state index is 0.151.